The number of para-hydroxylation sites is 1. The molecule has 1 unspecified atom stereocenters. The number of anilines is 2. The summed E-state index contributed by atoms with van der Waals surface area (Å²) in [7, 11) is 3.18. The normalized spacial score (nSPS) is 14.7. The molecule has 1 atom stereocenters. The first-order valence-corrected chi connectivity index (χ1v) is 12.7. The second-order valence-corrected chi connectivity index (χ2v) is 8.95. The van der Waals surface area contributed by atoms with Crippen LogP contribution in [0.2, 0.25) is 0 Å². The zero-order valence-electron chi connectivity index (χ0n) is 22.7. The number of nitrogens with zero attached hydrogens (tertiary/aromatic N) is 4. The number of piperazine rings is 1. The minimum absolute atomic E-state index is 0.0496. The minimum atomic E-state index is -2.88. The third-order valence-electron chi connectivity index (χ3n) is 6.29. The van der Waals surface area contributed by atoms with Crippen LogP contribution >= 0.6 is 0 Å². The van der Waals surface area contributed by atoms with Crippen molar-refractivity contribution in [2.24, 2.45) is 0 Å². The Kier molecular flexibility index (Phi) is 11.6. The van der Waals surface area contributed by atoms with Gasteiger partial charge in [-0.3, -0.25) is 9.59 Å². The van der Waals surface area contributed by atoms with Crippen molar-refractivity contribution < 1.29 is 27.8 Å². The third kappa shape index (κ3) is 8.34. The van der Waals surface area contributed by atoms with Crippen LogP contribution in [0.5, 0.6) is 5.75 Å². The van der Waals surface area contributed by atoms with E-state index in [-0.39, 0.29) is 11.8 Å². The molecule has 12 heteroatoms. The number of amides is 2. The summed E-state index contributed by atoms with van der Waals surface area (Å²) in [5, 5.41) is 5.57. The highest BCUT2D eigenvalue weighted by molar-refractivity contribution is 5.69. The lowest BCUT2D eigenvalue weighted by Gasteiger charge is -2.39. The number of hydrogen-bond donors (Lipinski definition) is 2. The fourth-order valence-corrected chi connectivity index (χ4v) is 4.21. The van der Waals surface area contributed by atoms with Crippen LogP contribution in [0.3, 0.4) is 0 Å². The van der Waals surface area contributed by atoms with E-state index in [2.05, 4.69) is 30.2 Å². The van der Waals surface area contributed by atoms with Crippen LogP contribution in [0.15, 0.2) is 54.9 Å². The van der Waals surface area contributed by atoms with E-state index in [1.54, 1.807) is 49.7 Å². The zero-order valence-corrected chi connectivity index (χ0v) is 22.7. The van der Waals surface area contributed by atoms with Gasteiger partial charge in [0.2, 0.25) is 18.8 Å². The summed E-state index contributed by atoms with van der Waals surface area (Å²) in [6.07, 6.45) is 5.04. The van der Waals surface area contributed by atoms with Crippen molar-refractivity contribution in [1.29, 1.82) is 0 Å². The molecular weight excluding hydrogens is 522 g/mol. The van der Waals surface area contributed by atoms with Gasteiger partial charge in [-0.25, -0.2) is 9.97 Å². The highest BCUT2D eigenvalue weighted by Crippen LogP contribution is 2.27. The fourth-order valence-electron chi connectivity index (χ4n) is 4.21. The molecule has 40 heavy (non-hydrogen) atoms. The molecule has 2 aromatic carbocycles. The maximum absolute atomic E-state index is 12.7. The number of nitrogens with one attached hydrogen (secondary N) is 2. The van der Waals surface area contributed by atoms with Crippen LogP contribution in [0.4, 0.5) is 20.4 Å². The van der Waals surface area contributed by atoms with Gasteiger partial charge in [0.25, 0.3) is 0 Å². The summed E-state index contributed by atoms with van der Waals surface area (Å²) < 4.78 is 35.3. The number of aromatic nitrogens is 2. The van der Waals surface area contributed by atoms with Crippen LogP contribution in [0.1, 0.15) is 11.1 Å². The minimum Gasteiger partial charge on any atom is -0.434 e. The van der Waals surface area contributed by atoms with Crippen molar-refractivity contribution in [3.8, 4) is 16.9 Å². The predicted molar refractivity (Wildman–Crippen MR) is 148 cm³/mol. The molecule has 1 aliphatic rings. The zero-order chi connectivity index (χ0) is 28.9. The maximum atomic E-state index is 12.7. The van der Waals surface area contributed by atoms with Crippen LogP contribution in [0.25, 0.3) is 11.1 Å². The Bertz CT molecular complexity index is 1230. The molecule has 3 aromatic rings. The van der Waals surface area contributed by atoms with Crippen molar-refractivity contribution in [3.63, 3.8) is 0 Å². The molecule has 1 aliphatic heterocycles. The molecule has 2 heterocycles. The standard InChI is InChI=1S/C26H29F2N5O3.C2H5NO/c1-18-7-8-19(11-23(18)29-12-20-5-3-4-6-24(20)36-25(27)28)21-13-30-26(31-14-21)32-9-10-33(17-34)22(15-32)16-35-2;1-3-2-4/h3-8,11,13-14,17,22,25,29H,9-10,12,15-16H2,1-2H3;2H,1H3,(H,3,4). The van der Waals surface area contributed by atoms with Gasteiger partial charge in [-0.15, -0.1) is 0 Å². The molecule has 1 fully saturated rings. The van der Waals surface area contributed by atoms with Gasteiger partial charge in [-0.1, -0.05) is 30.3 Å². The maximum Gasteiger partial charge on any atom is 0.387 e. The first-order chi connectivity index (χ1) is 19.4. The van der Waals surface area contributed by atoms with E-state index < -0.39 is 6.61 Å². The van der Waals surface area contributed by atoms with E-state index >= 15 is 0 Å². The van der Waals surface area contributed by atoms with E-state index in [0.29, 0.717) is 50.7 Å². The molecule has 0 aliphatic carbocycles. The summed E-state index contributed by atoms with van der Waals surface area (Å²) in [6, 6.07) is 12.6. The number of carbonyl (C=O) groups excluding carboxylic acids is 2. The van der Waals surface area contributed by atoms with E-state index in [1.807, 2.05) is 25.1 Å². The summed E-state index contributed by atoms with van der Waals surface area (Å²) in [5.41, 5.74) is 4.30. The predicted octanol–water partition coefficient (Wildman–Crippen LogP) is 3.32. The highest BCUT2D eigenvalue weighted by Gasteiger charge is 2.27. The van der Waals surface area contributed by atoms with Crippen molar-refractivity contribution in [3.05, 3.63) is 66.0 Å². The van der Waals surface area contributed by atoms with Crippen molar-refractivity contribution >= 4 is 24.5 Å². The molecule has 4 rings (SSSR count). The Hall–Kier alpha value is -4.32. The average molecular weight is 557 g/mol. The smallest absolute Gasteiger partial charge is 0.387 e. The number of alkyl halides is 2. The van der Waals surface area contributed by atoms with Crippen molar-refractivity contribution in [1.82, 2.24) is 20.2 Å². The number of benzene rings is 2. The number of hydrogen-bond acceptors (Lipinski definition) is 8. The topological polar surface area (TPSA) is 109 Å². The average Bonchev–Trinajstić information content (AvgIpc) is 2.97. The Morgan fingerprint density at radius 1 is 1.10 bits per heavy atom. The second-order valence-electron chi connectivity index (χ2n) is 8.95. The molecule has 0 spiro atoms. The van der Waals surface area contributed by atoms with Gasteiger partial charge in [-0.2, -0.15) is 8.78 Å². The van der Waals surface area contributed by atoms with E-state index in [4.69, 9.17) is 9.53 Å². The third-order valence-corrected chi connectivity index (χ3v) is 6.29. The van der Waals surface area contributed by atoms with Gasteiger partial charge in [0.05, 0.1) is 12.6 Å². The van der Waals surface area contributed by atoms with Gasteiger partial charge in [0.15, 0.2) is 0 Å². The molecule has 0 saturated carbocycles. The van der Waals surface area contributed by atoms with Gasteiger partial charge < -0.3 is 29.9 Å². The Labute approximate surface area is 232 Å². The molecule has 214 valence electrons. The SMILES string of the molecule is CNC=O.COCC1CN(c2ncc(-c3ccc(C)c(NCc4ccccc4OC(F)F)c3)cn2)CCN1C=O. The van der Waals surface area contributed by atoms with E-state index in [1.165, 1.54) is 6.07 Å². The lowest BCUT2D eigenvalue weighted by Crippen LogP contribution is -2.54. The number of halogens is 2. The summed E-state index contributed by atoms with van der Waals surface area (Å²) >= 11 is 0. The Morgan fingerprint density at radius 2 is 1.82 bits per heavy atom. The van der Waals surface area contributed by atoms with Gasteiger partial charge in [-0.05, 0) is 30.2 Å². The quantitative estimate of drug-likeness (QED) is 0.347. The molecule has 1 saturated heterocycles. The molecule has 1 aromatic heterocycles. The number of carbonyl (C=O) groups is 2. The van der Waals surface area contributed by atoms with Gasteiger partial charge in [0.1, 0.15) is 5.75 Å². The van der Waals surface area contributed by atoms with Crippen molar-refractivity contribution in [2.45, 2.75) is 26.1 Å². The van der Waals surface area contributed by atoms with Gasteiger partial charge in [0, 0.05) is 69.5 Å². The summed E-state index contributed by atoms with van der Waals surface area (Å²) in [5.74, 6) is 0.756. The lowest BCUT2D eigenvalue weighted by molar-refractivity contribution is -0.121. The Morgan fingerprint density at radius 3 is 2.48 bits per heavy atom. The monoisotopic (exact) mass is 556 g/mol. The fraction of sp³-hybridized carbons (Fsp3) is 0.357. The number of rotatable bonds is 11. The molecule has 2 N–H and O–H groups in total. The second kappa shape index (κ2) is 15.3. The first-order valence-electron chi connectivity index (χ1n) is 12.7. The van der Waals surface area contributed by atoms with Crippen LogP contribution in [-0.2, 0) is 20.9 Å². The lowest BCUT2D eigenvalue weighted by atomic mass is 10.0. The van der Waals surface area contributed by atoms with Crippen LogP contribution in [-0.4, -0.2) is 80.7 Å². The molecule has 2 amide bonds. The van der Waals surface area contributed by atoms with Gasteiger partial charge >= 0.3 is 6.61 Å². The summed E-state index contributed by atoms with van der Waals surface area (Å²) in [4.78, 5) is 33.3. The molecule has 0 bridgehead atoms. The first kappa shape index (κ1) is 30.2. The largest absolute Gasteiger partial charge is 0.434 e. The van der Waals surface area contributed by atoms with Crippen LogP contribution in [0, 0.1) is 6.92 Å². The highest BCUT2D eigenvalue weighted by atomic mass is 19.3. The molecule has 0 radical (unpaired) electrons. The Balaban J connectivity index is 0.00000103. The van der Waals surface area contributed by atoms with Crippen LogP contribution < -0.4 is 20.3 Å². The molecular formula is C28H34F2N6O4. The summed E-state index contributed by atoms with van der Waals surface area (Å²) in [6.45, 7) is 1.71. The van der Waals surface area contributed by atoms with E-state index in [9.17, 15) is 13.6 Å². The number of aryl methyl sites for hydroxylation is 1. The van der Waals surface area contributed by atoms with Crippen molar-refractivity contribution in [2.75, 3.05) is 50.6 Å². The van der Waals surface area contributed by atoms with E-state index in [0.717, 1.165) is 28.8 Å². The number of methoxy groups -OCH3 is 1. The molecule has 10 nitrogen and oxygen atoms in total. The number of ether oxygens (including phenoxy) is 2.